The molecule has 0 spiro atoms. The van der Waals surface area contributed by atoms with E-state index in [1.807, 2.05) is 27.0 Å². The minimum atomic E-state index is -0.247. The van der Waals surface area contributed by atoms with Crippen LogP contribution in [0.2, 0.25) is 0 Å². The van der Waals surface area contributed by atoms with Crippen molar-refractivity contribution in [2.24, 2.45) is 0 Å². The highest BCUT2D eigenvalue weighted by atomic mass is 19.1. The first-order chi connectivity index (χ1) is 9.60. The highest BCUT2D eigenvalue weighted by molar-refractivity contribution is 5.27. The maximum Gasteiger partial charge on any atom is 0.318 e. The number of halogens is 1. The minimum absolute atomic E-state index is 0.0174. The van der Waals surface area contributed by atoms with Gasteiger partial charge >= 0.3 is 6.01 Å². The van der Waals surface area contributed by atoms with Crippen LogP contribution >= 0.6 is 0 Å². The molecule has 1 heterocycles. The molecule has 108 valence electrons. The van der Waals surface area contributed by atoms with Crippen LogP contribution in [0.15, 0.2) is 28.7 Å². The van der Waals surface area contributed by atoms with Crippen LogP contribution < -0.4 is 10.2 Å². The Morgan fingerprint density at radius 2 is 2.20 bits per heavy atom. The Hall–Kier alpha value is -1.95. The third-order valence-electron chi connectivity index (χ3n) is 2.95. The number of hydrogen-bond donors (Lipinski definition) is 1. The fraction of sp³-hybridized carbons (Fsp3) is 0.429. The molecule has 1 atom stereocenters. The largest absolute Gasteiger partial charge is 0.406 e. The third kappa shape index (κ3) is 3.54. The van der Waals surface area contributed by atoms with Crippen LogP contribution in [-0.2, 0) is 6.54 Å². The van der Waals surface area contributed by atoms with Crippen LogP contribution in [0, 0.1) is 5.82 Å². The van der Waals surface area contributed by atoms with Crippen molar-refractivity contribution in [3.8, 4) is 0 Å². The lowest BCUT2D eigenvalue weighted by Gasteiger charge is -2.14. The molecule has 1 N–H and O–H groups in total. The molecule has 20 heavy (non-hydrogen) atoms. The Kier molecular flexibility index (Phi) is 4.68. The normalized spacial score (nSPS) is 12.4. The van der Waals surface area contributed by atoms with Crippen molar-refractivity contribution in [1.82, 2.24) is 15.5 Å². The second-order valence-electron chi connectivity index (χ2n) is 4.69. The average Bonchev–Trinajstić information content (AvgIpc) is 2.88. The summed E-state index contributed by atoms with van der Waals surface area (Å²) in [5.74, 6) is 0.302. The molecule has 0 saturated heterocycles. The van der Waals surface area contributed by atoms with Gasteiger partial charge in [0.2, 0.25) is 5.89 Å². The predicted molar refractivity (Wildman–Crippen MR) is 74.9 cm³/mol. The van der Waals surface area contributed by atoms with Crippen LogP contribution in [0.25, 0.3) is 0 Å². The number of aromatic nitrogens is 2. The van der Waals surface area contributed by atoms with E-state index in [4.69, 9.17) is 4.42 Å². The number of nitrogens with one attached hydrogen (secondary N) is 1. The van der Waals surface area contributed by atoms with Gasteiger partial charge in [-0.15, -0.1) is 5.10 Å². The van der Waals surface area contributed by atoms with E-state index < -0.39 is 0 Å². The molecule has 0 radical (unpaired) electrons. The summed E-state index contributed by atoms with van der Waals surface area (Å²) in [5.41, 5.74) is 0.854. The molecular weight excluding hydrogens is 259 g/mol. The lowest BCUT2D eigenvalue weighted by Crippen LogP contribution is -2.18. The van der Waals surface area contributed by atoms with Gasteiger partial charge in [0, 0.05) is 13.6 Å². The molecule has 0 bridgehead atoms. The van der Waals surface area contributed by atoms with Crippen LogP contribution in [0.4, 0.5) is 10.4 Å². The van der Waals surface area contributed by atoms with Crippen molar-refractivity contribution in [2.45, 2.75) is 26.4 Å². The summed E-state index contributed by atoms with van der Waals surface area (Å²) in [7, 11) is 1.83. The van der Waals surface area contributed by atoms with Gasteiger partial charge in [-0.1, -0.05) is 24.2 Å². The summed E-state index contributed by atoms with van der Waals surface area (Å²) in [6.45, 7) is 5.32. The van der Waals surface area contributed by atoms with Crippen LogP contribution in [0.1, 0.15) is 31.3 Å². The molecule has 6 heteroatoms. The van der Waals surface area contributed by atoms with E-state index in [0.29, 0.717) is 18.5 Å². The fourth-order valence-corrected chi connectivity index (χ4v) is 1.93. The second-order valence-corrected chi connectivity index (χ2v) is 4.69. The number of benzene rings is 1. The van der Waals surface area contributed by atoms with E-state index in [-0.39, 0.29) is 11.9 Å². The molecule has 1 aromatic carbocycles. The standard InChI is InChI=1S/C14H19FN4O/c1-4-16-10(2)13-17-18-14(20-13)19(3)9-11-6-5-7-12(15)8-11/h5-8,10,16H,4,9H2,1-3H3. The van der Waals surface area contributed by atoms with Gasteiger partial charge in [0.05, 0.1) is 6.04 Å². The number of hydrogen-bond acceptors (Lipinski definition) is 5. The molecule has 0 aliphatic carbocycles. The van der Waals surface area contributed by atoms with E-state index in [1.54, 1.807) is 11.0 Å². The SMILES string of the molecule is CCNC(C)c1nnc(N(C)Cc2cccc(F)c2)o1. The monoisotopic (exact) mass is 278 g/mol. The van der Waals surface area contributed by atoms with Gasteiger partial charge in [-0.25, -0.2) is 4.39 Å². The lowest BCUT2D eigenvalue weighted by molar-refractivity contribution is 0.421. The third-order valence-corrected chi connectivity index (χ3v) is 2.95. The smallest absolute Gasteiger partial charge is 0.318 e. The molecule has 0 fully saturated rings. The number of anilines is 1. The van der Waals surface area contributed by atoms with Crippen molar-refractivity contribution in [1.29, 1.82) is 0 Å². The van der Waals surface area contributed by atoms with E-state index in [0.717, 1.165) is 12.1 Å². The molecule has 2 rings (SSSR count). The van der Waals surface area contributed by atoms with Crippen molar-refractivity contribution in [3.63, 3.8) is 0 Å². The zero-order valence-corrected chi connectivity index (χ0v) is 11.9. The van der Waals surface area contributed by atoms with Gasteiger partial charge in [-0.3, -0.25) is 0 Å². The van der Waals surface area contributed by atoms with Gasteiger partial charge in [0.15, 0.2) is 0 Å². The first-order valence-corrected chi connectivity index (χ1v) is 6.62. The van der Waals surface area contributed by atoms with E-state index in [9.17, 15) is 4.39 Å². The highest BCUT2D eigenvalue weighted by Crippen LogP contribution is 2.18. The van der Waals surface area contributed by atoms with Crippen molar-refractivity contribution >= 4 is 6.01 Å². The summed E-state index contributed by atoms with van der Waals surface area (Å²) in [4.78, 5) is 1.80. The molecule has 1 aromatic heterocycles. The second kappa shape index (κ2) is 6.47. The van der Waals surface area contributed by atoms with E-state index >= 15 is 0 Å². The maximum atomic E-state index is 13.1. The first-order valence-electron chi connectivity index (χ1n) is 6.62. The van der Waals surface area contributed by atoms with Gasteiger partial charge in [0.25, 0.3) is 0 Å². The molecule has 5 nitrogen and oxygen atoms in total. The summed E-state index contributed by atoms with van der Waals surface area (Å²) < 4.78 is 18.7. The Morgan fingerprint density at radius 3 is 2.90 bits per heavy atom. The fourth-order valence-electron chi connectivity index (χ4n) is 1.93. The van der Waals surface area contributed by atoms with Gasteiger partial charge in [-0.2, -0.15) is 0 Å². The molecule has 0 amide bonds. The maximum absolute atomic E-state index is 13.1. The predicted octanol–water partition coefficient (Wildman–Crippen LogP) is 2.52. The molecule has 0 aliphatic rings. The molecule has 0 aliphatic heterocycles. The molecule has 0 saturated carbocycles. The summed E-state index contributed by atoms with van der Waals surface area (Å²) in [5, 5.41) is 11.2. The van der Waals surface area contributed by atoms with Crippen LogP contribution in [0.5, 0.6) is 0 Å². The topological polar surface area (TPSA) is 54.2 Å². The molecule has 1 unspecified atom stereocenters. The Morgan fingerprint density at radius 1 is 1.40 bits per heavy atom. The average molecular weight is 278 g/mol. The first kappa shape index (κ1) is 14.5. The summed E-state index contributed by atoms with van der Waals surface area (Å²) in [6, 6.07) is 6.91. The van der Waals surface area contributed by atoms with Gasteiger partial charge < -0.3 is 14.6 Å². The Bertz CT molecular complexity index is 558. The van der Waals surface area contributed by atoms with Crippen molar-refractivity contribution in [3.05, 3.63) is 41.5 Å². The van der Waals surface area contributed by atoms with Crippen molar-refractivity contribution < 1.29 is 8.81 Å². The Labute approximate surface area is 117 Å². The Balaban J connectivity index is 2.04. The zero-order chi connectivity index (χ0) is 14.5. The zero-order valence-electron chi connectivity index (χ0n) is 11.9. The number of nitrogens with zero attached hydrogens (tertiary/aromatic N) is 3. The van der Waals surface area contributed by atoms with Gasteiger partial charge in [0.1, 0.15) is 5.82 Å². The summed E-state index contributed by atoms with van der Waals surface area (Å²) in [6.07, 6.45) is 0. The minimum Gasteiger partial charge on any atom is -0.406 e. The number of rotatable bonds is 6. The quantitative estimate of drug-likeness (QED) is 0.880. The van der Waals surface area contributed by atoms with E-state index in [1.165, 1.54) is 12.1 Å². The van der Waals surface area contributed by atoms with Crippen LogP contribution in [0.3, 0.4) is 0 Å². The summed E-state index contributed by atoms with van der Waals surface area (Å²) >= 11 is 0. The highest BCUT2D eigenvalue weighted by Gasteiger charge is 2.15. The van der Waals surface area contributed by atoms with E-state index in [2.05, 4.69) is 15.5 Å². The molecular formula is C14H19FN4O. The van der Waals surface area contributed by atoms with Gasteiger partial charge in [-0.05, 0) is 31.2 Å². The van der Waals surface area contributed by atoms with Crippen LogP contribution in [-0.4, -0.2) is 23.8 Å². The lowest BCUT2D eigenvalue weighted by atomic mass is 10.2. The molecule has 2 aromatic rings. The van der Waals surface area contributed by atoms with Crippen molar-refractivity contribution in [2.75, 3.05) is 18.5 Å².